The first-order valence-corrected chi connectivity index (χ1v) is 44.9. The molecule has 0 amide bonds. The Balaban J connectivity index is 0.000000106. The van der Waals surface area contributed by atoms with Crippen molar-refractivity contribution < 1.29 is 27.8 Å². The highest BCUT2D eigenvalue weighted by atomic mass is 32.1. The summed E-state index contributed by atoms with van der Waals surface area (Å²) in [4.78, 5) is 75.0. The number of nitriles is 2. The van der Waals surface area contributed by atoms with Crippen LogP contribution in [0.1, 0.15) is 73.0 Å². The fourth-order valence-electron chi connectivity index (χ4n) is 16.4. The Bertz CT molecular complexity index is 8190. The maximum absolute atomic E-state index is 13.7. The molecule has 0 atom stereocenters. The number of aryl methyl sites for hydroxylation is 1. The van der Waals surface area contributed by atoms with Crippen LogP contribution < -0.4 is 9.47 Å². The molecular formula is C113H78F3N19O3S. The van der Waals surface area contributed by atoms with Gasteiger partial charge < -0.3 is 14.6 Å². The highest BCUT2D eigenvalue weighted by Crippen LogP contribution is 2.41. The molecule has 0 unspecified atom stereocenters. The van der Waals surface area contributed by atoms with Gasteiger partial charge in [0.25, 0.3) is 0 Å². The van der Waals surface area contributed by atoms with E-state index in [0.29, 0.717) is 55.1 Å². The number of methoxy groups -OCH3 is 2. The van der Waals surface area contributed by atoms with Crippen LogP contribution in [0.4, 0.5) is 13.2 Å². The van der Waals surface area contributed by atoms with E-state index in [1.165, 1.54) is 31.4 Å². The first-order valence-electron chi connectivity index (χ1n) is 44.0. The maximum Gasteiger partial charge on any atom is 0.165 e. The number of fused-ring (bicyclic) bond motifs is 6. The number of phenolic OH excluding ortho intramolecular Hbond substituents is 1. The molecular weight excluding hydrogens is 1760 g/mol. The molecule has 5 aliphatic rings. The van der Waals surface area contributed by atoms with Crippen molar-refractivity contribution >= 4 is 52.6 Å². The monoisotopic (exact) mass is 1840 g/mol. The Hall–Kier alpha value is -18.4. The molecule has 1 N–H and O–H groups in total. The molecule has 22 nitrogen and oxygen atoms in total. The third kappa shape index (κ3) is 20.1. The maximum atomic E-state index is 13.7. The molecule has 7 aromatic carbocycles. The third-order valence-electron chi connectivity index (χ3n) is 23.4. The van der Waals surface area contributed by atoms with Crippen LogP contribution in [0, 0.1) is 47.0 Å². The van der Waals surface area contributed by atoms with E-state index in [-0.39, 0.29) is 22.9 Å². The number of benzene rings is 7. The molecule has 0 saturated carbocycles. The van der Waals surface area contributed by atoms with E-state index in [4.69, 9.17) is 20.0 Å². The molecule has 5 aliphatic heterocycles. The van der Waals surface area contributed by atoms with Gasteiger partial charge in [-0.3, -0.25) is 79.8 Å². The molecule has 0 radical (unpaired) electrons. The number of halogens is 3. The van der Waals surface area contributed by atoms with Gasteiger partial charge in [0.1, 0.15) is 29.2 Å². The van der Waals surface area contributed by atoms with Crippen molar-refractivity contribution in [2.45, 2.75) is 39.6 Å². The normalized spacial score (nSPS) is 12.0. The predicted molar refractivity (Wildman–Crippen MR) is 538 cm³/mol. The zero-order chi connectivity index (χ0) is 95.1. The largest absolute Gasteiger partial charge is 0.508 e. The van der Waals surface area contributed by atoms with Crippen LogP contribution in [-0.4, -0.2) is 110 Å². The standard InChI is InChI=1S/C19H11FN4.C19H14FN3O.C19H13FN2S.C19H12N4.C19H15N3O.C18H13N3O/c20-17-4-3-12(6-13(17)8-21)19-16(2-1-5-23-19)14-7-15-9-22-11-18(15)24-10-14;1-24-18-8-12(4-5-16(18)20)19-15(3-2-6-22-19)13-7-14-9-21-11-17(14)23-10-13;1-12-9-14(4-6-16(12)20)19-15(3-2-8-21-19)13-5-7-17-18(10-13)23-11-22-17;20-9-13-3-1-4-14(7-13)19-17(5-2-6-22-19)15-8-16-10-21-12-18(16)23-11-15;1-23-16-5-2-4-13(9-16)19-17(6-3-7-21-19)14-8-15-10-20-12-18(15)22-11-14;22-15-4-1-3-12(8-15)18-16(5-2-6-20-18)13-7-14-9-19-11-17(14)21-10-13/h1-7,9-10H,11H2;2-10H,11H2,1H3;2-11H,1H3;1-8,10-11H,12H2;2-11H,12H2,1H3;1-10,22H,11H2. The van der Waals surface area contributed by atoms with Crippen molar-refractivity contribution in [3.05, 3.63) is 413 Å². The molecule has 19 aromatic rings. The summed E-state index contributed by atoms with van der Waals surface area (Å²) < 4.78 is 52.4. The minimum atomic E-state index is -0.533. The van der Waals surface area contributed by atoms with E-state index in [2.05, 4.69) is 133 Å². The SMILES string of the molecule is COc1cc(-c2ncccc2-c2cnc3c(c2)C=NC3)ccc1F.COc1cccc(-c2ncccc2-c2cnc3c(c2)C=NC3)c1.Cc1cc(-c2ncccc2-c2ccc3ncsc3c2)ccc1F.N#Cc1cc(-c2ncccc2-c2cnc3c(c2)C=NC3)ccc1F.N#Cc1cccc(-c2ncccc2-c2cnc3c(c2)C=NC3)c1.Oc1cccc(-c2ncccc2-c2cnc3c(c2)C=NC3)c1. The number of thiazole rings is 1. The number of nitrogens with zero attached hydrogens (tertiary/aromatic N) is 19. The van der Waals surface area contributed by atoms with Gasteiger partial charge in [0, 0.05) is 222 Å². The second kappa shape index (κ2) is 41.4. The number of hydrogen-bond acceptors (Lipinski definition) is 23. The second-order valence-corrected chi connectivity index (χ2v) is 33.1. The number of aromatic hydroxyl groups is 1. The summed E-state index contributed by atoms with van der Waals surface area (Å²) >= 11 is 1.62. The van der Waals surface area contributed by atoms with E-state index in [1.807, 2.05) is 207 Å². The lowest BCUT2D eigenvalue weighted by Crippen LogP contribution is -1.95. The van der Waals surface area contributed by atoms with Gasteiger partial charge in [0.2, 0.25) is 0 Å². The van der Waals surface area contributed by atoms with Gasteiger partial charge in [-0.2, -0.15) is 10.5 Å². The van der Waals surface area contributed by atoms with Crippen molar-refractivity contribution in [2.24, 2.45) is 25.0 Å². The Morgan fingerprint density at radius 3 is 1.06 bits per heavy atom. The van der Waals surface area contributed by atoms with Crippen LogP contribution in [0.15, 0.2) is 347 Å². The molecule has 139 heavy (non-hydrogen) atoms. The topological polar surface area (TPSA) is 303 Å². The minimum Gasteiger partial charge on any atom is -0.508 e. The zero-order valence-corrected chi connectivity index (χ0v) is 75.6. The van der Waals surface area contributed by atoms with Crippen molar-refractivity contribution in [3.63, 3.8) is 0 Å². The van der Waals surface area contributed by atoms with Crippen LogP contribution in [0.3, 0.4) is 0 Å². The minimum absolute atomic E-state index is 0.00307. The van der Waals surface area contributed by atoms with E-state index < -0.39 is 11.6 Å². The zero-order valence-electron chi connectivity index (χ0n) is 74.8. The number of aliphatic imine (C=N–C) groups is 5. The summed E-state index contributed by atoms with van der Waals surface area (Å²) in [6.45, 7) is 4.99. The molecule has 0 aliphatic carbocycles. The van der Waals surface area contributed by atoms with Crippen LogP contribution in [0.25, 0.3) is 145 Å². The first-order chi connectivity index (χ1) is 68.2. The van der Waals surface area contributed by atoms with Crippen LogP contribution in [0.5, 0.6) is 17.2 Å². The van der Waals surface area contributed by atoms with Gasteiger partial charge in [-0.05, 0) is 188 Å². The lowest BCUT2D eigenvalue weighted by Gasteiger charge is -2.11. The van der Waals surface area contributed by atoms with Crippen molar-refractivity contribution in [1.82, 2.24) is 59.8 Å². The number of aromatic nitrogens is 12. The van der Waals surface area contributed by atoms with Gasteiger partial charge in [-0.1, -0.05) is 78.9 Å². The second-order valence-electron chi connectivity index (χ2n) is 32.2. The summed E-state index contributed by atoms with van der Waals surface area (Å²) in [5.41, 5.74) is 36.3. The van der Waals surface area contributed by atoms with Crippen LogP contribution >= 0.6 is 11.3 Å². The van der Waals surface area contributed by atoms with Gasteiger partial charge in [-0.15, -0.1) is 11.3 Å². The third-order valence-corrected chi connectivity index (χ3v) is 24.2. The Morgan fingerprint density at radius 2 is 0.669 bits per heavy atom. The fraction of sp³-hybridized carbons (Fsp3) is 0.0708. The van der Waals surface area contributed by atoms with Crippen LogP contribution in [0.2, 0.25) is 0 Å². The number of phenols is 1. The molecule has 24 rings (SSSR count). The average molecular weight is 1840 g/mol. The molecule has 0 bridgehead atoms. The molecule has 0 fully saturated rings. The van der Waals surface area contributed by atoms with Gasteiger partial charge in [-0.25, -0.2) is 18.2 Å². The van der Waals surface area contributed by atoms with Crippen LogP contribution in [-0.2, 0) is 32.7 Å². The average Bonchev–Trinajstić information content (AvgIpc) is 1.76. The lowest BCUT2D eigenvalue weighted by atomic mass is 9.98. The van der Waals surface area contributed by atoms with Gasteiger partial charge >= 0.3 is 0 Å². The van der Waals surface area contributed by atoms with E-state index >= 15 is 0 Å². The van der Waals surface area contributed by atoms with Crippen molar-refractivity contribution in [2.75, 3.05) is 14.2 Å². The molecule has 670 valence electrons. The Kier molecular flexibility index (Phi) is 26.7. The quantitative estimate of drug-likeness (QED) is 0.106. The number of pyridine rings is 11. The molecule has 12 aromatic heterocycles. The summed E-state index contributed by atoms with van der Waals surface area (Å²) in [6.07, 6.45) is 29.0. The Morgan fingerprint density at radius 1 is 0.309 bits per heavy atom. The molecule has 0 saturated heterocycles. The van der Waals surface area contributed by atoms with E-state index in [1.54, 1.807) is 111 Å². The summed E-state index contributed by atoms with van der Waals surface area (Å²) in [7, 11) is 3.12. The van der Waals surface area contributed by atoms with Gasteiger partial charge in [0.05, 0.1) is 142 Å². The number of ether oxygens (including phenoxy) is 2. The Labute approximate surface area is 801 Å². The highest BCUT2D eigenvalue weighted by Gasteiger charge is 2.23. The number of hydrogen-bond donors (Lipinski definition) is 1. The van der Waals surface area contributed by atoms with Gasteiger partial charge in [0.15, 0.2) is 11.6 Å². The van der Waals surface area contributed by atoms with Crippen molar-refractivity contribution in [1.29, 1.82) is 10.5 Å². The predicted octanol–water partition coefficient (Wildman–Crippen LogP) is 23.9. The smallest absolute Gasteiger partial charge is 0.165 e. The molecule has 17 heterocycles. The van der Waals surface area contributed by atoms with E-state index in [0.717, 1.165) is 195 Å². The molecule has 26 heteroatoms. The lowest BCUT2D eigenvalue weighted by molar-refractivity contribution is 0.387. The molecule has 0 spiro atoms. The van der Waals surface area contributed by atoms with Crippen molar-refractivity contribution in [3.8, 4) is 164 Å². The van der Waals surface area contributed by atoms with E-state index in [9.17, 15) is 18.3 Å². The highest BCUT2D eigenvalue weighted by molar-refractivity contribution is 7.16. The summed E-state index contributed by atoms with van der Waals surface area (Å²) in [5.74, 6) is 0.121. The first kappa shape index (κ1) is 89.8. The fourth-order valence-corrected chi connectivity index (χ4v) is 17.1. The summed E-state index contributed by atoms with van der Waals surface area (Å²) in [5, 5.41) is 27.9. The number of rotatable bonds is 14. The summed E-state index contributed by atoms with van der Waals surface area (Å²) in [6, 6.07) is 80.9.